The van der Waals surface area contributed by atoms with Crippen LogP contribution in [0.2, 0.25) is 0 Å². The second-order valence-corrected chi connectivity index (χ2v) is 8.20. The van der Waals surface area contributed by atoms with E-state index in [2.05, 4.69) is 12.2 Å². The lowest BCUT2D eigenvalue weighted by atomic mass is 10.2. The summed E-state index contributed by atoms with van der Waals surface area (Å²) in [5.41, 5.74) is 1.88. The third kappa shape index (κ3) is 5.07. The van der Waals surface area contributed by atoms with Crippen LogP contribution in [-0.2, 0) is 16.1 Å². The minimum atomic E-state index is -0.132. The number of carbonyl (C=O) groups excluding carboxylic acids is 2. The van der Waals surface area contributed by atoms with Crippen LogP contribution in [-0.4, -0.2) is 30.2 Å². The Bertz CT molecular complexity index is 840. The summed E-state index contributed by atoms with van der Waals surface area (Å²) in [5, 5.41) is 3.23. The molecule has 6 heteroatoms. The first-order valence-corrected chi connectivity index (χ1v) is 10.5. The van der Waals surface area contributed by atoms with Crippen LogP contribution in [0.1, 0.15) is 32.3 Å². The lowest BCUT2D eigenvalue weighted by Gasteiger charge is -2.32. The molecule has 1 heterocycles. The molecular formula is C22H26N2O3S. The summed E-state index contributed by atoms with van der Waals surface area (Å²) in [6.07, 6.45) is 0.375. The maximum atomic E-state index is 12.7. The molecule has 1 atom stereocenters. The number of ether oxygens (including phenoxy) is 1. The normalized spacial score (nSPS) is 15.6. The van der Waals surface area contributed by atoms with Gasteiger partial charge in [-0.05, 0) is 25.1 Å². The number of carbonyl (C=O) groups is 2. The van der Waals surface area contributed by atoms with Crippen molar-refractivity contribution >= 4 is 29.3 Å². The van der Waals surface area contributed by atoms with Crippen molar-refractivity contribution in [3.8, 4) is 5.75 Å². The second-order valence-electron chi connectivity index (χ2n) is 6.72. The highest BCUT2D eigenvalue weighted by Gasteiger charge is 2.26. The standard InChI is InChI=1S/C22H26N2O3S/c1-3-27-19-10-6-4-8-17(19)14-23-21(25)12-13-22(26)24-15-16(2)28-20-11-7-5-9-18(20)24/h4-11,16H,3,12-15H2,1-2H3,(H,23,25)/t16-/m1/s1. The van der Waals surface area contributed by atoms with Crippen molar-refractivity contribution in [2.45, 2.75) is 43.4 Å². The molecule has 0 aliphatic carbocycles. The molecule has 3 rings (SSSR count). The van der Waals surface area contributed by atoms with E-state index in [1.807, 2.05) is 60.4 Å². The van der Waals surface area contributed by atoms with Gasteiger partial charge in [-0.25, -0.2) is 0 Å². The lowest BCUT2D eigenvalue weighted by molar-refractivity contribution is -0.125. The van der Waals surface area contributed by atoms with Crippen molar-refractivity contribution in [3.63, 3.8) is 0 Å². The van der Waals surface area contributed by atoms with Crippen LogP contribution in [0.3, 0.4) is 0 Å². The van der Waals surface area contributed by atoms with E-state index in [4.69, 9.17) is 4.74 Å². The van der Waals surface area contributed by atoms with Gasteiger partial charge in [0.2, 0.25) is 11.8 Å². The molecular weight excluding hydrogens is 372 g/mol. The van der Waals surface area contributed by atoms with E-state index in [1.165, 1.54) is 0 Å². The first kappa shape index (κ1) is 20.3. The zero-order valence-electron chi connectivity index (χ0n) is 16.3. The van der Waals surface area contributed by atoms with E-state index in [9.17, 15) is 9.59 Å². The van der Waals surface area contributed by atoms with Crippen LogP contribution >= 0.6 is 11.8 Å². The molecule has 2 aromatic rings. The highest BCUT2D eigenvalue weighted by atomic mass is 32.2. The van der Waals surface area contributed by atoms with Gasteiger partial charge in [0.25, 0.3) is 0 Å². The van der Waals surface area contributed by atoms with Gasteiger partial charge in [-0.1, -0.05) is 37.3 Å². The Kier molecular flexibility index (Phi) is 6.98. The van der Waals surface area contributed by atoms with Crippen molar-refractivity contribution in [2.75, 3.05) is 18.1 Å². The van der Waals surface area contributed by atoms with Crippen molar-refractivity contribution < 1.29 is 14.3 Å². The van der Waals surface area contributed by atoms with E-state index in [0.29, 0.717) is 24.9 Å². The maximum Gasteiger partial charge on any atom is 0.227 e. The number of anilines is 1. The molecule has 0 fully saturated rings. The summed E-state index contributed by atoms with van der Waals surface area (Å²) >= 11 is 1.78. The van der Waals surface area contributed by atoms with E-state index in [-0.39, 0.29) is 24.7 Å². The molecule has 2 amide bonds. The smallest absolute Gasteiger partial charge is 0.227 e. The minimum absolute atomic E-state index is 0.00975. The molecule has 5 nitrogen and oxygen atoms in total. The summed E-state index contributed by atoms with van der Waals surface area (Å²) in [7, 11) is 0. The van der Waals surface area contributed by atoms with Gasteiger partial charge in [0.05, 0.1) is 12.3 Å². The number of nitrogens with zero attached hydrogens (tertiary/aromatic N) is 1. The van der Waals surface area contributed by atoms with Gasteiger partial charge in [-0.3, -0.25) is 9.59 Å². The van der Waals surface area contributed by atoms with Gasteiger partial charge in [-0.2, -0.15) is 0 Å². The van der Waals surface area contributed by atoms with Crippen molar-refractivity contribution in [3.05, 3.63) is 54.1 Å². The molecule has 2 aromatic carbocycles. The zero-order chi connectivity index (χ0) is 19.9. The Morgan fingerprint density at radius 3 is 2.71 bits per heavy atom. The predicted molar refractivity (Wildman–Crippen MR) is 113 cm³/mol. The number of benzene rings is 2. The Hall–Kier alpha value is -2.47. The molecule has 0 radical (unpaired) electrons. The highest BCUT2D eigenvalue weighted by molar-refractivity contribution is 8.00. The third-order valence-corrected chi connectivity index (χ3v) is 5.69. The Balaban J connectivity index is 1.53. The largest absolute Gasteiger partial charge is 0.494 e. The van der Waals surface area contributed by atoms with Crippen molar-refractivity contribution in [1.82, 2.24) is 5.32 Å². The number of para-hydroxylation sites is 2. The molecule has 0 saturated carbocycles. The highest BCUT2D eigenvalue weighted by Crippen LogP contribution is 2.38. The van der Waals surface area contributed by atoms with E-state index in [0.717, 1.165) is 21.9 Å². The average Bonchev–Trinajstić information content (AvgIpc) is 2.71. The quantitative estimate of drug-likeness (QED) is 0.766. The fraction of sp³-hybridized carbons (Fsp3) is 0.364. The molecule has 1 aliphatic heterocycles. The summed E-state index contributed by atoms with van der Waals surface area (Å²) in [4.78, 5) is 27.9. The fourth-order valence-corrected chi connectivity index (χ4v) is 4.32. The van der Waals surface area contributed by atoms with Crippen LogP contribution < -0.4 is 15.0 Å². The van der Waals surface area contributed by atoms with E-state index >= 15 is 0 Å². The SMILES string of the molecule is CCOc1ccccc1CNC(=O)CCC(=O)N1C[C@@H](C)Sc2ccccc21. The topological polar surface area (TPSA) is 58.6 Å². The second kappa shape index (κ2) is 9.64. The van der Waals surface area contributed by atoms with Crippen LogP contribution in [0, 0.1) is 0 Å². The first-order chi connectivity index (χ1) is 13.6. The van der Waals surface area contributed by atoms with Gasteiger partial charge >= 0.3 is 0 Å². The molecule has 0 bridgehead atoms. The number of amides is 2. The van der Waals surface area contributed by atoms with Gasteiger partial charge in [-0.15, -0.1) is 11.8 Å². The number of thioether (sulfide) groups is 1. The Morgan fingerprint density at radius 2 is 1.89 bits per heavy atom. The number of hydrogen-bond donors (Lipinski definition) is 1. The molecule has 0 spiro atoms. The van der Waals surface area contributed by atoms with Gasteiger partial charge in [0.15, 0.2) is 0 Å². The molecule has 1 aliphatic rings. The van der Waals surface area contributed by atoms with Gasteiger partial charge in [0, 0.05) is 41.6 Å². The molecule has 0 aromatic heterocycles. The zero-order valence-corrected chi connectivity index (χ0v) is 17.1. The van der Waals surface area contributed by atoms with Crippen LogP contribution in [0.25, 0.3) is 0 Å². The maximum absolute atomic E-state index is 12.7. The lowest BCUT2D eigenvalue weighted by Crippen LogP contribution is -2.39. The number of hydrogen-bond acceptors (Lipinski definition) is 4. The summed E-state index contributed by atoms with van der Waals surface area (Å²) in [5.74, 6) is 0.634. The summed E-state index contributed by atoms with van der Waals surface area (Å²) in [6.45, 7) is 5.68. The van der Waals surface area contributed by atoms with Crippen molar-refractivity contribution in [2.24, 2.45) is 0 Å². The Labute approximate surface area is 170 Å². The predicted octanol–water partition coefficient (Wildman–Crippen LogP) is 4.01. The number of nitrogens with one attached hydrogen (secondary N) is 1. The van der Waals surface area contributed by atoms with Gasteiger partial charge in [0.1, 0.15) is 5.75 Å². The van der Waals surface area contributed by atoms with Crippen molar-refractivity contribution in [1.29, 1.82) is 0 Å². The molecule has 28 heavy (non-hydrogen) atoms. The number of rotatable bonds is 7. The molecule has 1 N–H and O–H groups in total. The van der Waals surface area contributed by atoms with Crippen LogP contribution in [0.15, 0.2) is 53.4 Å². The van der Waals surface area contributed by atoms with Gasteiger partial charge < -0.3 is 15.0 Å². The Morgan fingerprint density at radius 1 is 1.14 bits per heavy atom. The summed E-state index contributed by atoms with van der Waals surface area (Å²) in [6, 6.07) is 15.6. The van der Waals surface area contributed by atoms with Crippen LogP contribution in [0.5, 0.6) is 5.75 Å². The van der Waals surface area contributed by atoms with E-state index < -0.39 is 0 Å². The minimum Gasteiger partial charge on any atom is -0.494 e. The molecule has 148 valence electrons. The molecule has 0 unspecified atom stereocenters. The third-order valence-electron chi connectivity index (χ3n) is 4.54. The first-order valence-electron chi connectivity index (χ1n) is 9.62. The monoisotopic (exact) mass is 398 g/mol. The summed E-state index contributed by atoms with van der Waals surface area (Å²) < 4.78 is 5.58. The fourth-order valence-electron chi connectivity index (χ4n) is 3.21. The number of fused-ring (bicyclic) bond motifs is 1. The average molecular weight is 399 g/mol. The van der Waals surface area contributed by atoms with E-state index in [1.54, 1.807) is 11.8 Å². The molecule has 0 saturated heterocycles. The van der Waals surface area contributed by atoms with Crippen LogP contribution in [0.4, 0.5) is 5.69 Å².